The Bertz CT molecular complexity index is 113. The summed E-state index contributed by atoms with van der Waals surface area (Å²) in [6.07, 6.45) is 1.80. The number of hydrogen-bond donors (Lipinski definition) is 1. The quantitative estimate of drug-likeness (QED) is 0.358. The van der Waals surface area contributed by atoms with E-state index in [-0.39, 0.29) is 0 Å². The van der Waals surface area contributed by atoms with Gasteiger partial charge in [0.15, 0.2) is 7.28 Å². The van der Waals surface area contributed by atoms with Crippen molar-refractivity contribution in [3.63, 3.8) is 0 Å². The third-order valence-corrected chi connectivity index (χ3v) is 1.03. The minimum absolute atomic E-state index is 0.534. The molecular formula is C7H16B2N2. The van der Waals surface area contributed by atoms with E-state index in [0.29, 0.717) is 11.6 Å². The first-order chi connectivity index (χ1) is 5.13. The topological polar surface area (TPSA) is 24.4 Å². The summed E-state index contributed by atoms with van der Waals surface area (Å²) in [6.45, 7) is 8.46. The number of hydrazone groups is 1. The summed E-state index contributed by atoms with van der Waals surface area (Å²) in [4.78, 5) is 0. The second-order valence-corrected chi connectivity index (χ2v) is 3.25. The smallest absolute Gasteiger partial charge is 0.270 e. The van der Waals surface area contributed by atoms with Gasteiger partial charge in [-0.2, -0.15) is 0 Å². The fourth-order valence-corrected chi connectivity index (χ4v) is 0.450. The van der Waals surface area contributed by atoms with Crippen molar-refractivity contribution in [2.24, 2.45) is 5.10 Å². The summed E-state index contributed by atoms with van der Waals surface area (Å²) in [6, 6.07) is 0. The fourth-order valence-electron chi connectivity index (χ4n) is 0.450. The van der Waals surface area contributed by atoms with Crippen LogP contribution in [0.3, 0.4) is 0 Å². The molecule has 0 aromatic carbocycles. The SMILES string of the molecule is CC(C)[B]/C=N/N[B]C(C)C. The molecular weight excluding hydrogens is 134 g/mol. The first-order valence-electron chi connectivity index (χ1n) is 4.08. The van der Waals surface area contributed by atoms with Gasteiger partial charge in [0, 0.05) is 0 Å². The lowest BCUT2D eigenvalue weighted by atomic mass is 9.68. The van der Waals surface area contributed by atoms with Gasteiger partial charge in [-0.3, -0.25) is 0 Å². The largest absolute Gasteiger partial charge is 0.360 e. The summed E-state index contributed by atoms with van der Waals surface area (Å²) in [5.74, 6) is 1.10. The zero-order valence-electron chi connectivity index (χ0n) is 7.83. The first-order valence-corrected chi connectivity index (χ1v) is 4.08. The number of nitrogens with zero attached hydrogens (tertiary/aromatic N) is 1. The van der Waals surface area contributed by atoms with E-state index in [0.717, 1.165) is 0 Å². The molecule has 0 amide bonds. The molecule has 0 atom stereocenters. The Hall–Kier alpha value is -0.400. The van der Waals surface area contributed by atoms with E-state index >= 15 is 0 Å². The Morgan fingerprint density at radius 2 is 1.82 bits per heavy atom. The summed E-state index contributed by atoms with van der Waals surface area (Å²) in [7, 11) is 3.99. The van der Waals surface area contributed by atoms with Crippen LogP contribution in [0.4, 0.5) is 0 Å². The van der Waals surface area contributed by atoms with Crippen molar-refractivity contribution in [3.8, 4) is 0 Å². The lowest BCUT2D eigenvalue weighted by Gasteiger charge is -1.99. The molecule has 2 nitrogen and oxygen atoms in total. The lowest BCUT2D eigenvalue weighted by Crippen LogP contribution is -2.16. The standard InChI is InChI=1S/C7H16B2N2/c1-6(2)8-5-10-11-9-7(3)4/h5-7,11H,1-4H3/b10-5+. The predicted octanol–water partition coefficient (Wildman–Crippen LogP) is 1.50. The van der Waals surface area contributed by atoms with E-state index in [1.54, 1.807) is 6.11 Å². The van der Waals surface area contributed by atoms with E-state index < -0.39 is 0 Å². The summed E-state index contributed by atoms with van der Waals surface area (Å²) >= 11 is 0. The molecule has 4 heteroatoms. The van der Waals surface area contributed by atoms with Gasteiger partial charge in [-0.1, -0.05) is 39.3 Å². The highest BCUT2D eigenvalue weighted by Crippen LogP contribution is 1.94. The maximum atomic E-state index is 3.97. The van der Waals surface area contributed by atoms with Gasteiger partial charge >= 0.3 is 0 Å². The minimum Gasteiger partial charge on any atom is -0.360 e. The van der Waals surface area contributed by atoms with Crippen LogP contribution < -0.4 is 5.34 Å². The fraction of sp³-hybridized carbons (Fsp3) is 0.857. The Morgan fingerprint density at radius 3 is 2.27 bits per heavy atom. The molecule has 60 valence electrons. The molecule has 0 rings (SSSR count). The van der Waals surface area contributed by atoms with Crippen LogP contribution in [0.25, 0.3) is 0 Å². The molecule has 11 heavy (non-hydrogen) atoms. The molecule has 0 aliphatic carbocycles. The predicted molar refractivity (Wildman–Crippen MR) is 53.3 cm³/mol. The minimum atomic E-state index is 0.534. The van der Waals surface area contributed by atoms with Crippen molar-refractivity contribution in [1.29, 1.82) is 0 Å². The van der Waals surface area contributed by atoms with Gasteiger partial charge in [-0.05, 0) is 6.11 Å². The summed E-state index contributed by atoms with van der Waals surface area (Å²) < 4.78 is 0. The number of hydrogen-bond acceptors (Lipinski definition) is 2. The molecule has 0 aliphatic heterocycles. The summed E-state index contributed by atoms with van der Waals surface area (Å²) in [5.41, 5.74) is 0. The van der Waals surface area contributed by atoms with Crippen LogP contribution in [0, 0.1) is 0 Å². The zero-order valence-corrected chi connectivity index (χ0v) is 7.83. The average molecular weight is 150 g/mol. The second-order valence-electron chi connectivity index (χ2n) is 3.25. The molecule has 2 radical (unpaired) electrons. The normalized spacial score (nSPS) is 11.1. The molecule has 0 bridgehead atoms. The zero-order chi connectivity index (χ0) is 8.69. The highest BCUT2D eigenvalue weighted by Gasteiger charge is 1.94. The van der Waals surface area contributed by atoms with Gasteiger partial charge in [-0.25, -0.2) is 5.10 Å². The lowest BCUT2D eigenvalue weighted by molar-refractivity contribution is 0.978. The van der Waals surface area contributed by atoms with Gasteiger partial charge in [-0.15, -0.1) is 0 Å². The van der Waals surface area contributed by atoms with Gasteiger partial charge in [0.05, 0.1) is 0 Å². The molecule has 0 saturated carbocycles. The third kappa shape index (κ3) is 9.60. The highest BCUT2D eigenvalue weighted by atomic mass is 15.2. The maximum absolute atomic E-state index is 3.97. The van der Waals surface area contributed by atoms with Crippen LogP contribution >= 0.6 is 0 Å². The van der Waals surface area contributed by atoms with E-state index in [2.05, 4.69) is 38.1 Å². The molecule has 0 heterocycles. The van der Waals surface area contributed by atoms with Crippen LogP contribution in [-0.2, 0) is 0 Å². The monoisotopic (exact) mass is 150 g/mol. The van der Waals surface area contributed by atoms with Crippen molar-refractivity contribution in [2.75, 3.05) is 0 Å². The summed E-state index contributed by atoms with van der Waals surface area (Å²) in [5, 5.41) is 6.82. The molecule has 0 saturated heterocycles. The van der Waals surface area contributed by atoms with Crippen molar-refractivity contribution in [3.05, 3.63) is 0 Å². The number of rotatable bonds is 5. The molecule has 0 unspecified atom stereocenters. The van der Waals surface area contributed by atoms with Gasteiger partial charge in [0.25, 0.3) is 7.41 Å². The Balaban J connectivity index is 3.17. The Labute approximate surface area is 71.3 Å². The molecule has 0 aromatic rings. The van der Waals surface area contributed by atoms with Crippen molar-refractivity contribution in [2.45, 2.75) is 39.3 Å². The van der Waals surface area contributed by atoms with E-state index in [1.165, 1.54) is 0 Å². The van der Waals surface area contributed by atoms with E-state index in [9.17, 15) is 0 Å². The molecule has 0 aliphatic rings. The van der Waals surface area contributed by atoms with Gasteiger partial charge < -0.3 is 5.34 Å². The molecule has 0 aromatic heterocycles. The van der Waals surface area contributed by atoms with Crippen molar-refractivity contribution >= 4 is 20.8 Å². The number of nitrogens with one attached hydrogen (secondary N) is 1. The maximum Gasteiger partial charge on any atom is 0.270 e. The van der Waals surface area contributed by atoms with E-state index in [1.807, 2.05) is 14.7 Å². The Morgan fingerprint density at radius 1 is 1.18 bits per heavy atom. The molecule has 1 N–H and O–H groups in total. The van der Waals surface area contributed by atoms with Gasteiger partial charge in [0.1, 0.15) is 0 Å². The third-order valence-electron chi connectivity index (χ3n) is 1.03. The van der Waals surface area contributed by atoms with Gasteiger partial charge in [0.2, 0.25) is 0 Å². The van der Waals surface area contributed by atoms with Crippen molar-refractivity contribution < 1.29 is 0 Å². The van der Waals surface area contributed by atoms with Crippen LogP contribution in [0.15, 0.2) is 5.10 Å². The molecule has 0 spiro atoms. The van der Waals surface area contributed by atoms with Crippen LogP contribution in [0.1, 0.15) is 27.7 Å². The Kier molecular flexibility index (Phi) is 6.09. The first kappa shape index (κ1) is 10.6. The van der Waals surface area contributed by atoms with Crippen LogP contribution in [0.5, 0.6) is 0 Å². The molecule has 0 fully saturated rings. The van der Waals surface area contributed by atoms with Crippen LogP contribution in [-0.4, -0.2) is 20.8 Å². The van der Waals surface area contributed by atoms with E-state index in [4.69, 9.17) is 0 Å². The average Bonchev–Trinajstić information content (AvgIpc) is 1.85. The highest BCUT2D eigenvalue weighted by molar-refractivity contribution is 6.69. The van der Waals surface area contributed by atoms with Crippen LogP contribution in [0.2, 0.25) is 11.6 Å². The van der Waals surface area contributed by atoms with Crippen molar-refractivity contribution in [1.82, 2.24) is 5.34 Å². The second kappa shape index (κ2) is 6.32.